The summed E-state index contributed by atoms with van der Waals surface area (Å²) in [4.78, 5) is 49.9. The zero-order chi connectivity index (χ0) is 34.1. The van der Waals surface area contributed by atoms with E-state index >= 15 is 4.39 Å². The van der Waals surface area contributed by atoms with Gasteiger partial charge in [-0.1, -0.05) is 31.4 Å². The van der Waals surface area contributed by atoms with Gasteiger partial charge in [-0.25, -0.2) is 19.1 Å². The standard InChI is InChI=1S/C32H40FN5O6SSi/c1-30(2,3)44-29(41)38(19-43-13-14-46(6,7)8)28-37-31(4,25-16-32(25,45-28)27(40)42-5)22-15-21(10-11-23(22)33)36-26(39)24-12-9-20(17-34)18-35-24/h9-12,15,18,25H,13-14,16,19H2,1-8H3,(H,36,39)/t25-,31+,32-/m0/s1. The number of hydrogen-bond acceptors (Lipinski definition) is 10. The van der Waals surface area contributed by atoms with Crippen molar-refractivity contribution in [2.24, 2.45) is 10.9 Å². The Morgan fingerprint density at radius 3 is 2.52 bits per heavy atom. The number of methoxy groups -OCH3 is 1. The average molecular weight is 670 g/mol. The van der Waals surface area contributed by atoms with Gasteiger partial charge in [0.25, 0.3) is 5.91 Å². The highest BCUT2D eigenvalue weighted by Gasteiger charge is 2.72. The summed E-state index contributed by atoms with van der Waals surface area (Å²) in [6.07, 6.45) is 0.884. The first-order valence-corrected chi connectivity index (χ1v) is 19.4. The number of amides is 2. The molecular formula is C32H40FN5O6SSi. The van der Waals surface area contributed by atoms with E-state index in [0.717, 1.165) is 17.8 Å². The molecule has 0 spiro atoms. The Hall–Kier alpha value is -3.80. The monoisotopic (exact) mass is 669 g/mol. The van der Waals surface area contributed by atoms with Crippen molar-refractivity contribution >= 4 is 48.7 Å². The summed E-state index contributed by atoms with van der Waals surface area (Å²) < 4.78 is 31.4. The van der Waals surface area contributed by atoms with Gasteiger partial charge < -0.3 is 19.5 Å². The van der Waals surface area contributed by atoms with Crippen molar-refractivity contribution in [2.75, 3.05) is 25.8 Å². The van der Waals surface area contributed by atoms with Gasteiger partial charge in [0.15, 0.2) is 5.17 Å². The van der Waals surface area contributed by atoms with Crippen LogP contribution in [0, 0.1) is 23.1 Å². The van der Waals surface area contributed by atoms with Crippen molar-refractivity contribution in [3.8, 4) is 6.07 Å². The van der Waals surface area contributed by atoms with Crippen LogP contribution in [0.25, 0.3) is 0 Å². The lowest BCUT2D eigenvalue weighted by molar-refractivity contribution is -0.141. The molecule has 3 atom stereocenters. The number of carbonyl (C=O) groups excluding carboxylic acids is 3. The van der Waals surface area contributed by atoms with E-state index in [9.17, 15) is 14.4 Å². The highest BCUT2D eigenvalue weighted by atomic mass is 32.2. The number of carbonyl (C=O) groups is 3. The summed E-state index contributed by atoms with van der Waals surface area (Å²) in [5.74, 6) is -2.15. The number of aliphatic imine (C=N–C) groups is 1. The number of fused-ring (bicyclic) bond motifs is 1. The maximum atomic E-state index is 15.7. The molecule has 0 radical (unpaired) electrons. The molecule has 1 N–H and O–H groups in total. The van der Waals surface area contributed by atoms with Crippen LogP contribution in [0.4, 0.5) is 14.9 Å². The molecule has 2 aromatic rings. The predicted molar refractivity (Wildman–Crippen MR) is 176 cm³/mol. The van der Waals surface area contributed by atoms with Crippen LogP contribution in [0.2, 0.25) is 25.7 Å². The molecule has 2 amide bonds. The molecule has 11 nitrogen and oxygen atoms in total. The third-order valence-electron chi connectivity index (χ3n) is 7.68. The number of pyridine rings is 1. The Balaban J connectivity index is 1.73. The number of halogens is 1. The lowest BCUT2D eigenvalue weighted by Gasteiger charge is -2.37. The van der Waals surface area contributed by atoms with E-state index in [4.69, 9.17) is 24.5 Å². The number of hydrogen-bond donors (Lipinski definition) is 1. The number of rotatable bonds is 9. The van der Waals surface area contributed by atoms with Crippen LogP contribution in [-0.4, -0.2) is 71.9 Å². The summed E-state index contributed by atoms with van der Waals surface area (Å²) in [6.45, 7) is 13.8. The molecule has 1 fully saturated rings. The van der Waals surface area contributed by atoms with Crippen molar-refractivity contribution in [1.82, 2.24) is 9.88 Å². The van der Waals surface area contributed by atoms with Gasteiger partial charge in [-0.15, -0.1) is 0 Å². The van der Waals surface area contributed by atoms with E-state index in [-0.39, 0.29) is 28.8 Å². The molecule has 1 saturated carbocycles. The minimum absolute atomic E-state index is 0.0690. The summed E-state index contributed by atoms with van der Waals surface area (Å²) in [6, 6.07) is 9.79. The Bertz CT molecular complexity index is 1590. The molecule has 2 heterocycles. The van der Waals surface area contributed by atoms with Crippen LogP contribution in [0.15, 0.2) is 41.5 Å². The molecule has 0 unspecified atom stereocenters. The normalized spacial score (nSPS) is 22.1. The number of nitriles is 1. The number of nitrogens with one attached hydrogen (secondary N) is 1. The molecular weight excluding hydrogens is 630 g/mol. The molecule has 1 aromatic carbocycles. The first-order chi connectivity index (χ1) is 21.4. The first kappa shape index (κ1) is 35.1. The highest BCUT2D eigenvalue weighted by molar-refractivity contribution is 8.15. The summed E-state index contributed by atoms with van der Waals surface area (Å²) in [5.41, 5.74) is -1.41. The van der Waals surface area contributed by atoms with Crippen LogP contribution in [0.1, 0.15) is 55.7 Å². The average Bonchev–Trinajstić information content (AvgIpc) is 3.73. The largest absolute Gasteiger partial charge is 0.468 e. The molecule has 14 heteroatoms. The third-order valence-corrected chi connectivity index (χ3v) is 10.9. The van der Waals surface area contributed by atoms with Gasteiger partial charge in [0.1, 0.15) is 34.7 Å². The van der Waals surface area contributed by atoms with Crippen LogP contribution >= 0.6 is 11.8 Å². The lowest BCUT2D eigenvalue weighted by Crippen LogP contribution is -2.47. The second-order valence-electron chi connectivity index (χ2n) is 13.7. The molecule has 0 saturated heterocycles. The van der Waals surface area contributed by atoms with Crippen molar-refractivity contribution in [3.63, 3.8) is 0 Å². The number of ether oxygens (including phenoxy) is 3. The number of nitrogens with zero attached hydrogens (tertiary/aromatic N) is 4. The van der Waals surface area contributed by atoms with E-state index in [1.54, 1.807) is 27.7 Å². The van der Waals surface area contributed by atoms with Crippen molar-refractivity contribution in [1.29, 1.82) is 5.26 Å². The highest BCUT2D eigenvalue weighted by Crippen LogP contribution is 2.67. The van der Waals surface area contributed by atoms with Gasteiger partial charge in [0, 0.05) is 38.0 Å². The lowest BCUT2D eigenvalue weighted by atomic mass is 9.85. The molecule has 0 bridgehead atoms. The van der Waals surface area contributed by atoms with Crippen molar-refractivity contribution < 1.29 is 33.0 Å². The zero-order valence-corrected chi connectivity index (χ0v) is 29.2. The fraction of sp³-hybridized carbons (Fsp3) is 0.500. The fourth-order valence-corrected chi connectivity index (χ4v) is 7.44. The summed E-state index contributed by atoms with van der Waals surface area (Å²) in [7, 11) is -0.145. The molecule has 2 aliphatic rings. The van der Waals surface area contributed by atoms with Gasteiger partial charge in [-0.05, 0) is 70.5 Å². The molecule has 46 heavy (non-hydrogen) atoms. The number of aromatic nitrogens is 1. The molecule has 1 aromatic heterocycles. The summed E-state index contributed by atoms with van der Waals surface area (Å²) in [5, 5.41) is 11.9. The van der Waals surface area contributed by atoms with Crippen LogP contribution < -0.4 is 5.32 Å². The predicted octanol–water partition coefficient (Wildman–Crippen LogP) is 6.14. The topological polar surface area (TPSA) is 143 Å². The maximum Gasteiger partial charge on any atom is 0.418 e. The van der Waals surface area contributed by atoms with Crippen LogP contribution in [0.3, 0.4) is 0 Å². The minimum Gasteiger partial charge on any atom is -0.468 e. The Morgan fingerprint density at radius 2 is 1.93 bits per heavy atom. The quantitative estimate of drug-likeness (QED) is 0.144. The van der Waals surface area contributed by atoms with E-state index in [1.165, 1.54) is 48.5 Å². The molecule has 1 aliphatic carbocycles. The summed E-state index contributed by atoms with van der Waals surface area (Å²) >= 11 is 1.09. The third kappa shape index (κ3) is 7.76. The van der Waals surface area contributed by atoms with Crippen LogP contribution in [0.5, 0.6) is 0 Å². The molecule has 4 rings (SSSR count). The van der Waals surface area contributed by atoms with Crippen molar-refractivity contribution in [2.45, 2.75) is 75.7 Å². The molecule has 246 valence electrons. The van der Waals surface area contributed by atoms with Gasteiger partial charge in [0.05, 0.1) is 18.2 Å². The minimum atomic E-state index is -1.43. The second-order valence-corrected chi connectivity index (χ2v) is 20.6. The smallest absolute Gasteiger partial charge is 0.418 e. The number of thioether (sulfide) groups is 1. The first-order valence-electron chi connectivity index (χ1n) is 14.9. The van der Waals surface area contributed by atoms with Gasteiger partial charge in [-0.3, -0.25) is 14.6 Å². The zero-order valence-electron chi connectivity index (χ0n) is 27.4. The van der Waals surface area contributed by atoms with E-state index < -0.39 is 53.7 Å². The van der Waals surface area contributed by atoms with Crippen molar-refractivity contribution in [3.05, 3.63) is 59.2 Å². The van der Waals surface area contributed by atoms with Gasteiger partial charge in [0.2, 0.25) is 0 Å². The number of benzene rings is 1. The second kappa shape index (κ2) is 13.1. The Labute approximate surface area is 273 Å². The SMILES string of the molecule is COC(=O)[C@]12C[C@H]1[C@@](C)(c1cc(NC(=O)c3ccc(C#N)cn3)ccc1F)N=C(N(COCC[Si](C)(C)C)C(=O)OC(C)(C)C)S2. The number of esters is 1. The number of amidine groups is 1. The van der Waals surface area contributed by atoms with Crippen LogP contribution in [-0.2, 0) is 24.5 Å². The van der Waals surface area contributed by atoms with Gasteiger partial charge >= 0.3 is 12.1 Å². The van der Waals surface area contributed by atoms with E-state index in [0.29, 0.717) is 18.6 Å². The number of anilines is 1. The fourth-order valence-electron chi connectivity index (χ4n) is 5.09. The van der Waals surface area contributed by atoms with Gasteiger partial charge in [-0.2, -0.15) is 5.26 Å². The maximum absolute atomic E-state index is 15.7. The molecule has 1 aliphatic heterocycles. The van der Waals surface area contributed by atoms with E-state index in [1.807, 2.05) is 6.07 Å². The van der Waals surface area contributed by atoms with E-state index in [2.05, 4.69) is 29.9 Å². The Kier molecular flexibility index (Phi) is 10.0. The Morgan fingerprint density at radius 1 is 1.22 bits per heavy atom.